The third-order valence-electron chi connectivity index (χ3n) is 0.951. The van der Waals surface area contributed by atoms with Gasteiger partial charge in [0.05, 0.1) is 5.04 Å². The predicted molar refractivity (Wildman–Crippen MR) is 49.3 cm³/mol. The van der Waals surface area contributed by atoms with Crippen LogP contribution in [-0.2, 0) is 0 Å². The van der Waals surface area contributed by atoms with Gasteiger partial charge < -0.3 is 5.73 Å². The van der Waals surface area contributed by atoms with Gasteiger partial charge in [0.2, 0.25) is 0 Å². The van der Waals surface area contributed by atoms with Crippen LogP contribution in [0.3, 0.4) is 0 Å². The molecule has 0 aliphatic carbocycles. The monoisotopic (exact) mass is 156 g/mol. The average Bonchev–Trinajstić information content (AvgIpc) is 1.99. The highest BCUT2D eigenvalue weighted by atomic mass is 32.2. The molecule has 3 heteroatoms. The summed E-state index contributed by atoms with van der Waals surface area (Å²) in [6.45, 7) is 7.67. The largest absolute Gasteiger partial charge is 0.326 e. The summed E-state index contributed by atoms with van der Waals surface area (Å²) in [6.07, 6.45) is 3.43. The minimum Gasteiger partial charge on any atom is -0.326 e. The molecule has 0 amide bonds. The molecule has 0 aromatic heterocycles. The lowest BCUT2D eigenvalue weighted by Crippen LogP contribution is -2.08. The second-order valence-electron chi connectivity index (χ2n) is 1.63. The van der Waals surface area contributed by atoms with Crippen molar-refractivity contribution in [2.75, 3.05) is 12.8 Å². The van der Waals surface area contributed by atoms with Gasteiger partial charge in [-0.25, -0.2) is 0 Å². The molecule has 0 atom stereocenters. The minimum atomic E-state index is 0.452. The maximum atomic E-state index is 5.35. The number of aliphatic imine (C=N–C) groups is 1. The van der Waals surface area contributed by atoms with Crippen LogP contribution in [0.5, 0.6) is 0 Å². The van der Waals surface area contributed by atoms with E-state index in [9.17, 15) is 0 Å². The van der Waals surface area contributed by atoms with Crippen molar-refractivity contribution in [2.24, 2.45) is 10.7 Å². The fourth-order valence-electron chi connectivity index (χ4n) is 0.459. The van der Waals surface area contributed by atoms with Crippen molar-refractivity contribution < 1.29 is 0 Å². The number of rotatable bonds is 3. The zero-order chi connectivity index (χ0) is 7.98. The highest BCUT2D eigenvalue weighted by molar-refractivity contribution is 8.13. The fourth-order valence-corrected chi connectivity index (χ4v) is 1.01. The molecule has 2 N–H and O–H groups in total. The number of nitrogens with zero attached hydrogens (tertiary/aromatic N) is 1. The number of hydrogen-bond donors (Lipinski definition) is 1. The van der Waals surface area contributed by atoms with E-state index in [1.54, 1.807) is 0 Å². The fraction of sp³-hybridized carbons (Fsp3) is 0.286. The van der Waals surface area contributed by atoms with Gasteiger partial charge in [-0.3, -0.25) is 4.99 Å². The van der Waals surface area contributed by atoms with Gasteiger partial charge in [0.15, 0.2) is 0 Å². The van der Waals surface area contributed by atoms with Crippen LogP contribution >= 0.6 is 11.8 Å². The van der Waals surface area contributed by atoms with Crippen molar-refractivity contribution >= 4 is 16.8 Å². The Kier molecular flexibility index (Phi) is 4.98. The van der Waals surface area contributed by atoms with Crippen LogP contribution < -0.4 is 5.73 Å². The lowest BCUT2D eigenvalue weighted by atomic mass is 10.3. The molecule has 0 radical (unpaired) electrons. The van der Waals surface area contributed by atoms with Crippen LogP contribution in [0.15, 0.2) is 29.9 Å². The Bertz CT molecular complexity index is 161. The van der Waals surface area contributed by atoms with E-state index in [1.165, 1.54) is 18.0 Å². The van der Waals surface area contributed by atoms with Crippen LogP contribution in [-0.4, -0.2) is 17.8 Å². The second kappa shape index (κ2) is 5.26. The van der Waals surface area contributed by atoms with E-state index in [4.69, 9.17) is 5.73 Å². The zero-order valence-electron chi connectivity index (χ0n) is 6.13. The number of nitrogens with two attached hydrogens (primary N) is 1. The number of thioether (sulfide) groups is 1. The van der Waals surface area contributed by atoms with Crippen molar-refractivity contribution in [3.8, 4) is 0 Å². The van der Waals surface area contributed by atoms with E-state index >= 15 is 0 Å². The molecule has 0 aromatic rings. The van der Waals surface area contributed by atoms with Gasteiger partial charge in [-0.15, -0.1) is 11.8 Å². The first-order valence-corrected chi connectivity index (χ1v) is 4.09. The van der Waals surface area contributed by atoms with Crippen LogP contribution in [0.4, 0.5) is 0 Å². The van der Waals surface area contributed by atoms with Crippen LogP contribution in [0.25, 0.3) is 0 Å². The summed E-state index contributed by atoms with van der Waals surface area (Å²) in [5, 5.41) is 0.859. The highest BCUT2D eigenvalue weighted by Crippen LogP contribution is 2.06. The summed E-state index contributed by atoms with van der Waals surface area (Å²) >= 11 is 1.53. The average molecular weight is 156 g/mol. The standard InChI is InChI=1S/C7H12N2S/c1-4-9-7(10-3)6(2)5-8/h4H,1-2,5,8H2,3H3. The van der Waals surface area contributed by atoms with E-state index in [-0.39, 0.29) is 0 Å². The molecule has 0 heterocycles. The van der Waals surface area contributed by atoms with E-state index in [0.29, 0.717) is 6.54 Å². The predicted octanol–water partition coefficient (Wildman–Crippen LogP) is 1.41. The first-order chi connectivity index (χ1) is 4.76. The Hall–Kier alpha value is -0.540. The van der Waals surface area contributed by atoms with Gasteiger partial charge in [-0.2, -0.15) is 0 Å². The molecule has 0 aliphatic heterocycles. The molecule has 0 rings (SSSR count). The molecule has 2 nitrogen and oxygen atoms in total. The molecule has 0 saturated carbocycles. The van der Waals surface area contributed by atoms with Crippen molar-refractivity contribution in [3.63, 3.8) is 0 Å². The van der Waals surface area contributed by atoms with Crippen molar-refractivity contribution in [1.82, 2.24) is 0 Å². The molecule has 0 bridgehead atoms. The van der Waals surface area contributed by atoms with Gasteiger partial charge in [-0.05, 0) is 11.8 Å². The topological polar surface area (TPSA) is 38.4 Å². The van der Waals surface area contributed by atoms with Gasteiger partial charge >= 0.3 is 0 Å². The molecule has 0 spiro atoms. The molecule has 0 fully saturated rings. The lowest BCUT2D eigenvalue weighted by molar-refractivity contribution is 1.22. The van der Waals surface area contributed by atoms with Crippen molar-refractivity contribution in [3.05, 3.63) is 24.9 Å². The van der Waals surface area contributed by atoms with Gasteiger partial charge in [-0.1, -0.05) is 13.2 Å². The van der Waals surface area contributed by atoms with Gasteiger partial charge in [0.25, 0.3) is 0 Å². The summed E-state index contributed by atoms with van der Waals surface area (Å²) in [5.74, 6) is 0. The molecule has 56 valence electrons. The summed E-state index contributed by atoms with van der Waals surface area (Å²) in [5.41, 5.74) is 6.20. The Morgan fingerprint density at radius 2 is 2.40 bits per heavy atom. The molecular weight excluding hydrogens is 144 g/mol. The molecule has 0 aliphatic rings. The van der Waals surface area contributed by atoms with Gasteiger partial charge in [0, 0.05) is 12.7 Å². The molecular formula is C7H12N2S. The quantitative estimate of drug-likeness (QED) is 0.495. The SMILES string of the molecule is C=CN=C(SC)C(=C)CN. The third kappa shape index (κ3) is 2.85. The molecule has 0 unspecified atom stereocenters. The van der Waals surface area contributed by atoms with E-state index in [2.05, 4.69) is 18.2 Å². The van der Waals surface area contributed by atoms with Crippen LogP contribution in [0.1, 0.15) is 0 Å². The van der Waals surface area contributed by atoms with E-state index in [1.807, 2.05) is 6.26 Å². The summed E-state index contributed by atoms with van der Waals surface area (Å²) in [6, 6.07) is 0. The first-order valence-electron chi connectivity index (χ1n) is 2.87. The normalized spacial score (nSPS) is 11.2. The molecule has 0 aromatic carbocycles. The highest BCUT2D eigenvalue weighted by Gasteiger charge is 1.97. The Morgan fingerprint density at radius 3 is 2.70 bits per heavy atom. The Balaban J connectivity index is 4.19. The summed E-state index contributed by atoms with van der Waals surface area (Å²) in [7, 11) is 0. The maximum absolute atomic E-state index is 5.35. The zero-order valence-corrected chi connectivity index (χ0v) is 6.95. The molecule has 10 heavy (non-hydrogen) atoms. The van der Waals surface area contributed by atoms with Crippen LogP contribution in [0, 0.1) is 0 Å². The van der Waals surface area contributed by atoms with E-state index < -0.39 is 0 Å². The minimum absolute atomic E-state index is 0.452. The third-order valence-corrected chi connectivity index (χ3v) is 1.73. The van der Waals surface area contributed by atoms with E-state index in [0.717, 1.165) is 10.6 Å². The lowest BCUT2D eigenvalue weighted by Gasteiger charge is -2.00. The van der Waals surface area contributed by atoms with Crippen LogP contribution in [0.2, 0.25) is 0 Å². The van der Waals surface area contributed by atoms with Gasteiger partial charge in [0.1, 0.15) is 0 Å². The maximum Gasteiger partial charge on any atom is 0.0995 e. The van der Waals surface area contributed by atoms with Crippen molar-refractivity contribution in [2.45, 2.75) is 0 Å². The smallest absolute Gasteiger partial charge is 0.0995 e. The Labute approximate surface area is 65.9 Å². The summed E-state index contributed by atoms with van der Waals surface area (Å²) < 4.78 is 0. The van der Waals surface area contributed by atoms with Crippen molar-refractivity contribution in [1.29, 1.82) is 0 Å². The Morgan fingerprint density at radius 1 is 1.80 bits per heavy atom. The number of hydrogen-bond acceptors (Lipinski definition) is 3. The first kappa shape index (κ1) is 9.46. The second-order valence-corrected chi connectivity index (χ2v) is 2.42. The summed E-state index contributed by atoms with van der Waals surface area (Å²) in [4.78, 5) is 3.98. The molecule has 0 saturated heterocycles.